The Morgan fingerprint density at radius 2 is 2.13 bits per heavy atom. The topological polar surface area (TPSA) is 68.0 Å². The van der Waals surface area contributed by atoms with Gasteiger partial charge in [-0.25, -0.2) is 4.98 Å². The smallest absolute Gasteiger partial charge is 0.254 e. The molecular formula is C17H22N6. The van der Waals surface area contributed by atoms with Crippen molar-refractivity contribution >= 4 is 11.6 Å². The summed E-state index contributed by atoms with van der Waals surface area (Å²) in [6.07, 6.45) is 5.77. The summed E-state index contributed by atoms with van der Waals surface area (Å²) in [6, 6.07) is 5.90. The van der Waals surface area contributed by atoms with E-state index >= 15 is 0 Å². The summed E-state index contributed by atoms with van der Waals surface area (Å²) in [4.78, 5) is 13.3. The lowest BCUT2D eigenvalue weighted by Crippen LogP contribution is -2.09. The van der Waals surface area contributed by atoms with Crippen molar-refractivity contribution in [3.05, 3.63) is 36.3 Å². The summed E-state index contributed by atoms with van der Waals surface area (Å²) in [6.45, 7) is 7.36. The average Bonchev–Trinajstić information content (AvgIpc) is 3.00. The standard InChI is InChI=1S/C17H22N6/c1-4-5-9-19-15-10-14(12(2)3)20-17-21-16(22-23(15)17)13-7-6-8-18-11-13/h6-8,10-12,19H,4-5,9H2,1-3H3. The first-order valence-corrected chi connectivity index (χ1v) is 8.11. The molecule has 3 aromatic heterocycles. The Balaban J connectivity index is 2.06. The van der Waals surface area contributed by atoms with Gasteiger partial charge in [-0.05, 0) is 24.5 Å². The summed E-state index contributed by atoms with van der Waals surface area (Å²) < 4.78 is 1.78. The third-order valence-corrected chi connectivity index (χ3v) is 3.68. The molecule has 6 nitrogen and oxygen atoms in total. The average molecular weight is 310 g/mol. The van der Waals surface area contributed by atoms with Gasteiger partial charge in [0.15, 0.2) is 5.82 Å². The van der Waals surface area contributed by atoms with Gasteiger partial charge in [0.05, 0.1) is 5.69 Å². The monoisotopic (exact) mass is 310 g/mol. The zero-order valence-corrected chi connectivity index (χ0v) is 13.8. The SMILES string of the molecule is CCCCNc1cc(C(C)C)nc2nc(-c3cccnc3)nn12. The van der Waals surface area contributed by atoms with E-state index in [1.807, 2.05) is 12.1 Å². The number of pyridine rings is 1. The zero-order chi connectivity index (χ0) is 16.2. The fourth-order valence-corrected chi connectivity index (χ4v) is 2.32. The Morgan fingerprint density at radius 3 is 2.83 bits per heavy atom. The number of aromatic nitrogens is 5. The van der Waals surface area contributed by atoms with Gasteiger partial charge in [-0.1, -0.05) is 27.2 Å². The van der Waals surface area contributed by atoms with Crippen molar-refractivity contribution < 1.29 is 0 Å². The molecule has 120 valence electrons. The van der Waals surface area contributed by atoms with E-state index in [0.717, 1.165) is 36.5 Å². The molecule has 0 spiro atoms. The highest BCUT2D eigenvalue weighted by molar-refractivity contribution is 5.57. The van der Waals surface area contributed by atoms with E-state index in [4.69, 9.17) is 0 Å². The molecule has 23 heavy (non-hydrogen) atoms. The van der Waals surface area contributed by atoms with Crippen LogP contribution in [0.3, 0.4) is 0 Å². The lowest BCUT2D eigenvalue weighted by atomic mass is 10.1. The summed E-state index contributed by atoms with van der Waals surface area (Å²) in [5, 5.41) is 8.06. The molecule has 1 N–H and O–H groups in total. The number of fused-ring (bicyclic) bond motifs is 1. The highest BCUT2D eigenvalue weighted by atomic mass is 15.4. The molecule has 0 bridgehead atoms. The van der Waals surface area contributed by atoms with Gasteiger partial charge in [0, 0.05) is 30.6 Å². The molecule has 3 rings (SSSR count). The van der Waals surface area contributed by atoms with Crippen molar-refractivity contribution in [1.82, 2.24) is 24.6 Å². The van der Waals surface area contributed by atoms with Gasteiger partial charge in [0.25, 0.3) is 5.78 Å². The largest absolute Gasteiger partial charge is 0.370 e. The van der Waals surface area contributed by atoms with E-state index in [2.05, 4.69) is 52.2 Å². The summed E-state index contributed by atoms with van der Waals surface area (Å²) in [5.41, 5.74) is 1.91. The molecule has 0 fully saturated rings. The van der Waals surface area contributed by atoms with E-state index in [1.165, 1.54) is 0 Å². The number of unbranched alkanes of at least 4 members (excludes halogenated alkanes) is 1. The van der Waals surface area contributed by atoms with Gasteiger partial charge in [0.1, 0.15) is 5.82 Å². The lowest BCUT2D eigenvalue weighted by Gasteiger charge is -2.10. The molecule has 0 aromatic carbocycles. The predicted molar refractivity (Wildman–Crippen MR) is 91.5 cm³/mol. The molecular weight excluding hydrogens is 288 g/mol. The third kappa shape index (κ3) is 3.31. The van der Waals surface area contributed by atoms with Crippen molar-refractivity contribution in [2.75, 3.05) is 11.9 Å². The quantitative estimate of drug-likeness (QED) is 0.705. The minimum Gasteiger partial charge on any atom is -0.370 e. The number of hydrogen-bond donors (Lipinski definition) is 1. The normalized spacial score (nSPS) is 11.3. The number of rotatable bonds is 6. The van der Waals surface area contributed by atoms with Crippen LogP contribution in [0.1, 0.15) is 45.2 Å². The van der Waals surface area contributed by atoms with Crippen LogP contribution in [0.25, 0.3) is 17.2 Å². The lowest BCUT2D eigenvalue weighted by molar-refractivity contribution is 0.794. The molecule has 6 heteroatoms. The van der Waals surface area contributed by atoms with Gasteiger partial charge < -0.3 is 5.32 Å². The third-order valence-electron chi connectivity index (χ3n) is 3.68. The molecule has 0 aliphatic heterocycles. The van der Waals surface area contributed by atoms with Gasteiger partial charge in [-0.2, -0.15) is 9.50 Å². The Hall–Kier alpha value is -2.50. The summed E-state index contributed by atoms with van der Waals surface area (Å²) in [5.74, 6) is 2.54. The van der Waals surface area contributed by atoms with Crippen molar-refractivity contribution in [3.8, 4) is 11.4 Å². The maximum atomic E-state index is 4.64. The van der Waals surface area contributed by atoms with Crippen molar-refractivity contribution in [3.63, 3.8) is 0 Å². The predicted octanol–water partition coefficient (Wildman–Crippen LogP) is 3.52. The Bertz CT molecular complexity index is 778. The van der Waals surface area contributed by atoms with Crippen LogP contribution in [0, 0.1) is 0 Å². The highest BCUT2D eigenvalue weighted by Crippen LogP contribution is 2.21. The number of hydrogen-bond acceptors (Lipinski definition) is 5. The maximum Gasteiger partial charge on any atom is 0.254 e. The van der Waals surface area contributed by atoms with Crippen LogP contribution < -0.4 is 5.32 Å². The molecule has 0 radical (unpaired) electrons. The van der Waals surface area contributed by atoms with E-state index in [0.29, 0.717) is 17.5 Å². The number of nitrogens with zero attached hydrogens (tertiary/aromatic N) is 5. The summed E-state index contributed by atoms with van der Waals surface area (Å²) in [7, 11) is 0. The van der Waals surface area contributed by atoms with Crippen LogP contribution in [0.15, 0.2) is 30.6 Å². The first-order valence-electron chi connectivity index (χ1n) is 8.11. The van der Waals surface area contributed by atoms with E-state index in [1.54, 1.807) is 16.9 Å². The van der Waals surface area contributed by atoms with Gasteiger partial charge in [-0.15, -0.1) is 5.10 Å². The van der Waals surface area contributed by atoms with Crippen LogP contribution >= 0.6 is 0 Å². The molecule has 0 aliphatic rings. The second-order valence-electron chi connectivity index (χ2n) is 5.89. The molecule has 3 heterocycles. The number of anilines is 1. The molecule has 3 aromatic rings. The molecule has 0 saturated heterocycles. The second-order valence-corrected chi connectivity index (χ2v) is 5.89. The van der Waals surface area contributed by atoms with Crippen LogP contribution in [0.5, 0.6) is 0 Å². The van der Waals surface area contributed by atoms with E-state index in [9.17, 15) is 0 Å². The minimum absolute atomic E-state index is 0.338. The van der Waals surface area contributed by atoms with Gasteiger partial charge in [-0.3, -0.25) is 4.98 Å². The minimum atomic E-state index is 0.338. The van der Waals surface area contributed by atoms with Gasteiger partial charge >= 0.3 is 0 Å². The molecule has 0 atom stereocenters. The zero-order valence-electron chi connectivity index (χ0n) is 13.8. The highest BCUT2D eigenvalue weighted by Gasteiger charge is 2.13. The fraction of sp³-hybridized carbons (Fsp3) is 0.412. The molecule has 0 unspecified atom stereocenters. The van der Waals surface area contributed by atoms with Crippen molar-refractivity contribution in [1.29, 1.82) is 0 Å². The molecule has 0 saturated carbocycles. The first-order chi connectivity index (χ1) is 11.2. The van der Waals surface area contributed by atoms with E-state index < -0.39 is 0 Å². The summed E-state index contributed by atoms with van der Waals surface area (Å²) >= 11 is 0. The maximum absolute atomic E-state index is 4.64. The van der Waals surface area contributed by atoms with E-state index in [-0.39, 0.29) is 0 Å². The van der Waals surface area contributed by atoms with Crippen LogP contribution in [-0.2, 0) is 0 Å². The Kier molecular flexibility index (Phi) is 4.50. The van der Waals surface area contributed by atoms with Crippen LogP contribution in [-0.4, -0.2) is 31.1 Å². The first kappa shape index (κ1) is 15.4. The Labute approximate surface area is 136 Å². The van der Waals surface area contributed by atoms with Gasteiger partial charge in [0.2, 0.25) is 0 Å². The molecule has 0 aliphatic carbocycles. The fourth-order valence-electron chi connectivity index (χ4n) is 2.32. The van der Waals surface area contributed by atoms with Crippen LogP contribution in [0.4, 0.5) is 5.82 Å². The second kappa shape index (κ2) is 6.73. The van der Waals surface area contributed by atoms with Crippen LogP contribution in [0.2, 0.25) is 0 Å². The van der Waals surface area contributed by atoms with Crippen molar-refractivity contribution in [2.45, 2.75) is 39.5 Å². The Morgan fingerprint density at radius 1 is 1.26 bits per heavy atom. The number of nitrogens with one attached hydrogen (secondary N) is 1. The molecule has 0 amide bonds. The van der Waals surface area contributed by atoms with Crippen molar-refractivity contribution in [2.24, 2.45) is 0 Å².